The Hall–Kier alpha value is -3.04. The lowest BCUT2D eigenvalue weighted by molar-refractivity contribution is 0.249. The molecule has 9 heteroatoms. The summed E-state index contributed by atoms with van der Waals surface area (Å²) in [4.78, 5) is 21.6. The van der Waals surface area contributed by atoms with E-state index in [2.05, 4.69) is 26.7 Å². The van der Waals surface area contributed by atoms with Gasteiger partial charge in [-0.3, -0.25) is 10.3 Å². The van der Waals surface area contributed by atoms with Gasteiger partial charge in [-0.1, -0.05) is 35.6 Å². The molecule has 2 N–H and O–H groups in total. The number of amides is 2. The van der Waals surface area contributed by atoms with Crippen LogP contribution >= 0.6 is 11.3 Å². The molecule has 2 aromatic carbocycles. The standard InChI is InChI=1S/C23H24N4O3S2/c1-15(12-18-7-3-4-11-24-18)25-22(28)27-23-26-20-10-9-17(14-21(20)31-23)16-6-5-8-19(13-16)32(2,29)30/h3,5-10,13-15H,4,11-12H2,1-2H3,(H2,25,26,27,28). The van der Waals surface area contributed by atoms with Crippen molar-refractivity contribution in [3.05, 3.63) is 54.6 Å². The van der Waals surface area contributed by atoms with E-state index < -0.39 is 9.84 Å². The predicted octanol–water partition coefficient (Wildman–Crippen LogP) is 4.67. The first-order valence-corrected chi connectivity index (χ1v) is 13.0. The number of hydrogen-bond donors (Lipinski definition) is 2. The molecule has 0 bridgehead atoms. The zero-order valence-corrected chi connectivity index (χ0v) is 19.5. The minimum atomic E-state index is -3.28. The summed E-state index contributed by atoms with van der Waals surface area (Å²) in [5.74, 6) is 0. The van der Waals surface area contributed by atoms with Crippen LogP contribution in [-0.4, -0.2) is 44.0 Å². The first-order chi connectivity index (χ1) is 15.3. The van der Waals surface area contributed by atoms with E-state index in [9.17, 15) is 13.2 Å². The molecule has 1 atom stereocenters. The van der Waals surface area contributed by atoms with E-state index in [-0.39, 0.29) is 17.0 Å². The Morgan fingerprint density at radius 3 is 2.75 bits per heavy atom. The van der Waals surface area contributed by atoms with Crippen molar-refractivity contribution in [2.24, 2.45) is 4.99 Å². The predicted molar refractivity (Wildman–Crippen MR) is 130 cm³/mol. The zero-order valence-electron chi connectivity index (χ0n) is 17.8. The highest BCUT2D eigenvalue weighted by Crippen LogP contribution is 2.31. The van der Waals surface area contributed by atoms with E-state index in [0.717, 1.165) is 40.0 Å². The molecule has 1 aliphatic heterocycles. The summed E-state index contributed by atoms with van der Waals surface area (Å²) in [5.41, 5.74) is 3.46. The van der Waals surface area contributed by atoms with Gasteiger partial charge in [0, 0.05) is 31.0 Å². The highest BCUT2D eigenvalue weighted by Gasteiger charge is 2.14. The third kappa shape index (κ3) is 5.41. The summed E-state index contributed by atoms with van der Waals surface area (Å²) in [7, 11) is -3.28. The number of rotatable bonds is 6. The Morgan fingerprint density at radius 1 is 1.19 bits per heavy atom. The van der Waals surface area contributed by atoms with E-state index in [1.165, 1.54) is 17.6 Å². The molecule has 3 aromatic rings. The van der Waals surface area contributed by atoms with Crippen LogP contribution in [0.2, 0.25) is 0 Å². The number of thiazole rings is 1. The fraction of sp³-hybridized carbons (Fsp3) is 0.261. The molecule has 1 aliphatic rings. The number of fused-ring (bicyclic) bond motifs is 1. The second kappa shape index (κ2) is 9.22. The number of allylic oxidation sites excluding steroid dienone is 1. The average Bonchev–Trinajstić information content (AvgIpc) is 3.15. The number of carbonyl (C=O) groups is 1. The molecular formula is C23H24N4O3S2. The van der Waals surface area contributed by atoms with Crippen molar-refractivity contribution in [2.75, 3.05) is 18.1 Å². The maximum Gasteiger partial charge on any atom is 0.321 e. The van der Waals surface area contributed by atoms with Crippen LogP contribution in [0.3, 0.4) is 0 Å². The van der Waals surface area contributed by atoms with Crippen LogP contribution in [0.25, 0.3) is 21.3 Å². The van der Waals surface area contributed by atoms with Gasteiger partial charge in [0.1, 0.15) is 0 Å². The van der Waals surface area contributed by atoms with E-state index >= 15 is 0 Å². The van der Waals surface area contributed by atoms with Crippen LogP contribution in [0, 0.1) is 0 Å². The SMILES string of the molecule is CC(CC1=NCCC=C1)NC(=O)Nc1nc2ccc(-c3cccc(S(C)(=O)=O)c3)cc2s1. The Kier molecular flexibility index (Phi) is 6.38. The van der Waals surface area contributed by atoms with Crippen molar-refractivity contribution < 1.29 is 13.2 Å². The Balaban J connectivity index is 1.45. The summed E-state index contributed by atoms with van der Waals surface area (Å²) < 4.78 is 24.6. The van der Waals surface area contributed by atoms with Crippen molar-refractivity contribution in [2.45, 2.75) is 30.7 Å². The molecule has 2 heterocycles. The van der Waals surface area contributed by atoms with Crippen LogP contribution in [0.5, 0.6) is 0 Å². The molecular weight excluding hydrogens is 444 g/mol. The van der Waals surface area contributed by atoms with Gasteiger partial charge in [0.15, 0.2) is 15.0 Å². The number of sulfone groups is 1. The van der Waals surface area contributed by atoms with E-state index in [1.54, 1.807) is 18.2 Å². The molecule has 1 aromatic heterocycles. The maximum atomic E-state index is 12.4. The monoisotopic (exact) mass is 468 g/mol. The quantitative estimate of drug-likeness (QED) is 0.549. The zero-order chi connectivity index (χ0) is 22.7. The van der Waals surface area contributed by atoms with Gasteiger partial charge in [0.2, 0.25) is 0 Å². The number of nitrogens with one attached hydrogen (secondary N) is 2. The second-order valence-electron chi connectivity index (χ2n) is 7.77. The van der Waals surface area contributed by atoms with Crippen LogP contribution in [0.1, 0.15) is 19.8 Å². The molecule has 2 amide bonds. The minimum Gasteiger partial charge on any atom is -0.335 e. The number of hydrogen-bond acceptors (Lipinski definition) is 6. The number of benzene rings is 2. The molecule has 7 nitrogen and oxygen atoms in total. The van der Waals surface area contributed by atoms with Gasteiger partial charge in [0.25, 0.3) is 0 Å². The highest BCUT2D eigenvalue weighted by atomic mass is 32.2. The number of urea groups is 1. The highest BCUT2D eigenvalue weighted by molar-refractivity contribution is 7.90. The van der Waals surface area contributed by atoms with E-state index in [4.69, 9.17) is 0 Å². The number of nitrogens with zero attached hydrogens (tertiary/aromatic N) is 2. The molecule has 1 unspecified atom stereocenters. The van der Waals surface area contributed by atoms with Gasteiger partial charge in [0.05, 0.1) is 15.1 Å². The number of dihydropyridines is 1. The van der Waals surface area contributed by atoms with Crippen molar-refractivity contribution >= 4 is 48.3 Å². The summed E-state index contributed by atoms with van der Waals surface area (Å²) >= 11 is 1.37. The maximum absolute atomic E-state index is 12.4. The lowest BCUT2D eigenvalue weighted by Gasteiger charge is -2.15. The largest absolute Gasteiger partial charge is 0.335 e. The molecule has 32 heavy (non-hydrogen) atoms. The van der Waals surface area contributed by atoms with E-state index in [1.807, 2.05) is 37.3 Å². The normalized spacial score (nSPS) is 14.8. The second-order valence-corrected chi connectivity index (χ2v) is 10.8. The van der Waals surface area contributed by atoms with Gasteiger partial charge in [-0.25, -0.2) is 18.2 Å². The first-order valence-electron chi connectivity index (χ1n) is 10.3. The van der Waals surface area contributed by atoms with Gasteiger partial charge in [-0.05, 0) is 54.8 Å². The van der Waals surface area contributed by atoms with Crippen LogP contribution in [0.15, 0.2) is 64.5 Å². The fourth-order valence-corrected chi connectivity index (χ4v) is 5.04. The molecule has 0 spiro atoms. The van der Waals surface area contributed by atoms with Crippen molar-refractivity contribution in [1.82, 2.24) is 10.3 Å². The molecule has 0 radical (unpaired) electrons. The van der Waals surface area contributed by atoms with Crippen LogP contribution < -0.4 is 10.6 Å². The van der Waals surface area contributed by atoms with Crippen molar-refractivity contribution in [1.29, 1.82) is 0 Å². The summed E-state index contributed by atoms with van der Waals surface area (Å²) in [6.07, 6.45) is 6.95. The first kappa shape index (κ1) is 22.2. The summed E-state index contributed by atoms with van der Waals surface area (Å²) in [6, 6.07) is 12.2. The number of carbonyl (C=O) groups excluding carboxylic acids is 1. The molecule has 0 saturated carbocycles. The smallest absolute Gasteiger partial charge is 0.321 e. The summed E-state index contributed by atoms with van der Waals surface area (Å²) in [5, 5.41) is 6.23. The Bertz CT molecular complexity index is 1330. The van der Waals surface area contributed by atoms with Gasteiger partial charge in [-0.15, -0.1) is 0 Å². The van der Waals surface area contributed by atoms with E-state index in [0.29, 0.717) is 11.6 Å². The molecule has 0 fully saturated rings. The number of aliphatic imine (C=N–C) groups is 1. The fourth-order valence-electron chi connectivity index (χ4n) is 3.47. The molecule has 166 valence electrons. The van der Waals surface area contributed by atoms with Gasteiger partial charge >= 0.3 is 6.03 Å². The number of anilines is 1. The Labute approximate surface area is 191 Å². The molecule has 0 aliphatic carbocycles. The molecule has 4 rings (SSSR count). The van der Waals surface area contributed by atoms with Crippen LogP contribution in [-0.2, 0) is 9.84 Å². The van der Waals surface area contributed by atoms with Crippen molar-refractivity contribution in [3.8, 4) is 11.1 Å². The van der Waals surface area contributed by atoms with Crippen molar-refractivity contribution in [3.63, 3.8) is 0 Å². The number of aromatic nitrogens is 1. The van der Waals surface area contributed by atoms with Crippen LogP contribution in [0.4, 0.5) is 9.93 Å². The minimum absolute atomic E-state index is 0.0559. The Morgan fingerprint density at radius 2 is 2.00 bits per heavy atom. The summed E-state index contributed by atoms with van der Waals surface area (Å²) in [6.45, 7) is 2.75. The lowest BCUT2D eigenvalue weighted by Crippen LogP contribution is -2.37. The lowest BCUT2D eigenvalue weighted by atomic mass is 10.1. The molecule has 0 saturated heterocycles. The average molecular weight is 469 g/mol. The topological polar surface area (TPSA) is 101 Å². The third-order valence-corrected chi connectivity index (χ3v) is 7.06. The van der Waals surface area contributed by atoms with Gasteiger partial charge < -0.3 is 5.32 Å². The third-order valence-electron chi connectivity index (χ3n) is 5.02. The van der Waals surface area contributed by atoms with Gasteiger partial charge in [-0.2, -0.15) is 0 Å².